The van der Waals surface area contributed by atoms with Crippen molar-refractivity contribution in [2.75, 3.05) is 5.32 Å². The highest BCUT2D eigenvalue weighted by Crippen LogP contribution is 2.29. The number of para-hydroxylation sites is 2. The number of nitro benzene ring substituents is 1. The van der Waals surface area contributed by atoms with Crippen molar-refractivity contribution < 1.29 is 9.72 Å². The first-order valence-electron chi connectivity index (χ1n) is 7.47. The van der Waals surface area contributed by atoms with E-state index in [1.165, 1.54) is 6.07 Å². The van der Waals surface area contributed by atoms with Crippen molar-refractivity contribution in [1.82, 2.24) is 0 Å². The highest BCUT2D eigenvalue weighted by molar-refractivity contribution is 6.08. The van der Waals surface area contributed by atoms with Crippen LogP contribution in [0.15, 0.2) is 36.4 Å². The molecule has 5 heteroatoms. The van der Waals surface area contributed by atoms with Crippen LogP contribution in [0, 0.1) is 24.0 Å². The van der Waals surface area contributed by atoms with E-state index >= 15 is 0 Å². The summed E-state index contributed by atoms with van der Waals surface area (Å²) in [6.45, 7) is 7.62. The molecule has 2 aromatic carbocycles. The summed E-state index contributed by atoms with van der Waals surface area (Å²) in [5.41, 5.74) is 3.06. The van der Waals surface area contributed by atoms with Crippen LogP contribution < -0.4 is 5.32 Å². The molecule has 0 fully saturated rings. The summed E-state index contributed by atoms with van der Waals surface area (Å²) >= 11 is 0. The normalized spacial score (nSPS) is 10.7. The summed E-state index contributed by atoms with van der Waals surface area (Å²) < 4.78 is 0. The predicted octanol–water partition coefficient (Wildman–Crippen LogP) is 4.59. The summed E-state index contributed by atoms with van der Waals surface area (Å²) in [5.74, 6) is -0.228. The fraction of sp³-hybridized carbons (Fsp3) is 0.278. The van der Waals surface area contributed by atoms with E-state index in [0.717, 1.165) is 16.8 Å². The first-order valence-corrected chi connectivity index (χ1v) is 7.47. The SMILES string of the molecule is Cc1cccc(C(C)C)c1NC(=O)c1cccc(C)c1[N+](=O)[O-]. The maximum atomic E-state index is 12.6. The van der Waals surface area contributed by atoms with E-state index in [0.29, 0.717) is 5.56 Å². The van der Waals surface area contributed by atoms with E-state index in [1.54, 1.807) is 19.1 Å². The lowest BCUT2D eigenvalue weighted by Crippen LogP contribution is -2.16. The lowest BCUT2D eigenvalue weighted by Gasteiger charge is -2.16. The number of carbonyl (C=O) groups excluding carboxylic acids is 1. The monoisotopic (exact) mass is 312 g/mol. The van der Waals surface area contributed by atoms with Gasteiger partial charge in [-0.05, 0) is 37.0 Å². The smallest absolute Gasteiger partial charge is 0.285 e. The maximum absolute atomic E-state index is 12.6. The summed E-state index contributed by atoms with van der Waals surface area (Å²) in [7, 11) is 0. The molecular formula is C18H20N2O3. The lowest BCUT2D eigenvalue weighted by atomic mass is 9.97. The molecule has 0 saturated carbocycles. The first kappa shape index (κ1) is 16.7. The molecule has 0 aliphatic rings. The summed E-state index contributed by atoms with van der Waals surface area (Å²) in [6.07, 6.45) is 0. The van der Waals surface area contributed by atoms with Gasteiger partial charge in [0.15, 0.2) is 0 Å². The third kappa shape index (κ3) is 3.39. The largest absolute Gasteiger partial charge is 0.321 e. The molecule has 0 heterocycles. The molecule has 0 unspecified atom stereocenters. The zero-order chi connectivity index (χ0) is 17.1. The molecule has 5 nitrogen and oxygen atoms in total. The quantitative estimate of drug-likeness (QED) is 0.663. The zero-order valence-electron chi connectivity index (χ0n) is 13.7. The molecular weight excluding hydrogens is 292 g/mol. The lowest BCUT2D eigenvalue weighted by molar-refractivity contribution is -0.385. The summed E-state index contributed by atoms with van der Waals surface area (Å²) in [4.78, 5) is 23.4. The first-order chi connectivity index (χ1) is 10.8. The van der Waals surface area contributed by atoms with Crippen molar-refractivity contribution in [3.63, 3.8) is 0 Å². The minimum absolute atomic E-state index is 0.0768. The van der Waals surface area contributed by atoms with Gasteiger partial charge in [0.2, 0.25) is 0 Å². The van der Waals surface area contributed by atoms with E-state index in [2.05, 4.69) is 5.32 Å². The van der Waals surface area contributed by atoms with E-state index in [1.807, 2.05) is 39.0 Å². The molecule has 0 atom stereocenters. The van der Waals surface area contributed by atoms with Crippen molar-refractivity contribution in [3.8, 4) is 0 Å². The molecule has 0 radical (unpaired) electrons. The number of rotatable bonds is 4. The molecule has 0 aliphatic carbocycles. The molecule has 0 bridgehead atoms. The van der Waals surface area contributed by atoms with Crippen LogP contribution in [0.5, 0.6) is 0 Å². The van der Waals surface area contributed by atoms with Crippen LogP contribution in [0.1, 0.15) is 46.8 Å². The highest BCUT2D eigenvalue weighted by Gasteiger charge is 2.23. The molecule has 1 amide bonds. The van der Waals surface area contributed by atoms with E-state index in [4.69, 9.17) is 0 Å². The van der Waals surface area contributed by atoms with Gasteiger partial charge >= 0.3 is 0 Å². The van der Waals surface area contributed by atoms with Crippen LogP contribution in [0.2, 0.25) is 0 Å². The number of carbonyl (C=O) groups is 1. The average Bonchev–Trinajstić information content (AvgIpc) is 2.48. The van der Waals surface area contributed by atoms with Crippen LogP contribution in [0.3, 0.4) is 0 Å². The molecule has 0 saturated heterocycles. The van der Waals surface area contributed by atoms with Crippen molar-refractivity contribution in [2.45, 2.75) is 33.6 Å². The summed E-state index contributed by atoms with van der Waals surface area (Å²) in [6, 6.07) is 10.6. The minimum atomic E-state index is -0.508. The van der Waals surface area contributed by atoms with Gasteiger partial charge in [0.25, 0.3) is 11.6 Å². The van der Waals surface area contributed by atoms with Crippen molar-refractivity contribution in [1.29, 1.82) is 0 Å². The van der Waals surface area contributed by atoms with Gasteiger partial charge in [-0.15, -0.1) is 0 Å². The van der Waals surface area contributed by atoms with Gasteiger partial charge in [-0.3, -0.25) is 14.9 Å². The van der Waals surface area contributed by atoms with E-state index in [-0.39, 0.29) is 17.2 Å². The van der Waals surface area contributed by atoms with Gasteiger partial charge in [0.05, 0.1) is 4.92 Å². The third-order valence-corrected chi connectivity index (χ3v) is 3.83. The number of nitro groups is 1. The molecule has 0 aliphatic heterocycles. The Bertz CT molecular complexity index is 767. The van der Waals surface area contributed by atoms with Gasteiger partial charge in [-0.1, -0.05) is 44.2 Å². The van der Waals surface area contributed by atoms with Crippen LogP contribution in [-0.2, 0) is 0 Å². The Hall–Kier alpha value is -2.69. The molecule has 120 valence electrons. The van der Waals surface area contributed by atoms with Gasteiger partial charge in [-0.2, -0.15) is 0 Å². The molecule has 2 aromatic rings. The van der Waals surface area contributed by atoms with Crippen molar-refractivity contribution in [2.24, 2.45) is 0 Å². The Labute approximate surface area is 135 Å². The number of benzene rings is 2. The second-order valence-corrected chi connectivity index (χ2v) is 5.88. The van der Waals surface area contributed by atoms with Gasteiger partial charge in [0.1, 0.15) is 5.56 Å². The van der Waals surface area contributed by atoms with E-state index < -0.39 is 10.8 Å². The van der Waals surface area contributed by atoms with E-state index in [9.17, 15) is 14.9 Å². The Kier molecular flexibility index (Phi) is 4.79. The third-order valence-electron chi connectivity index (χ3n) is 3.83. The van der Waals surface area contributed by atoms with Gasteiger partial charge < -0.3 is 5.32 Å². The van der Waals surface area contributed by atoms with Crippen LogP contribution in [-0.4, -0.2) is 10.8 Å². The molecule has 0 spiro atoms. The second-order valence-electron chi connectivity index (χ2n) is 5.88. The Balaban J connectivity index is 2.46. The Morgan fingerprint density at radius 1 is 1.09 bits per heavy atom. The average molecular weight is 312 g/mol. The molecule has 1 N–H and O–H groups in total. The predicted molar refractivity (Wildman–Crippen MR) is 91.1 cm³/mol. The van der Waals surface area contributed by atoms with Crippen LogP contribution >= 0.6 is 0 Å². The van der Waals surface area contributed by atoms with Crippen LogP contribution in [0.25, 0.3) is 0 Å². The number of hydrogen-bond donors (Lipinski definition) is 1. The van der Waals surface area contributed by atoms with Gasteiger partial charge in [0, 0.05) is 11.3 Å². The Morgan fingerprint density at radius 3 is 2.30 bits per heavy atom. The fourth-order valence-electron chi connectivity index (χ4n) is 2.61. The minimum Gasteiger partial charge on any atom is -0.321 e. The number of anilines is 1. The summed E-state index contributed by atoms with van der Waals surface area (Å²) in [5, 5.41) is 14.1. The number of nitrogens with zero attached hydrogens (tertiary/aromatic N) is 1. The number of aryl methyl sites for hydroxylation is 2. The standard InChI is InChI=1S/C18H20N2O3/c1-11(2)14-9-5-7-12(3)16(14)19-18(21)15-10-6-8-13(4)17(15)20(22)23/h5-11H,1-4H3,(H,19,21). The number of nitrogens with one attached hydrogen (secondary N) is 1. The zero-order valence-corrected chi connectivity index (χ0v) is 13.7. The Morgan fingerprint density at radius 2 is 1.70 bits per heavy atom. The fourth-order valence-corrected chi connectivity index (χ4v) is 2.61. The highest BCUT2D eigenvalue weighted by atomic mass is 16.6. The maximum Gasteiger partial charge on any atom is 0.285 e. The van der Waals surface area contributed by atoms with Crippen LogP contribution in [0.4, 0.5) is 11.4 Å². The van der Waals surface area contributed by atoms with Crippen molar-refractivity contribution >= 4 is 17.3 Å². The number of amides is 1. The second kappa shape index (κ2) is 6.60. The topological polar surface area (TPSA) is 72.2 Å². The molecule has 23 heavy (non-hydrogen) atoms. The molecule has 2 rings (SSSR count). The molecule has 0 aromatic heterocycles. The van der Waals surface area contributed by atoms with Crippen molar-refractivity contribution in [3.05, 3.63) is 68.8 Å². The van der Waals surface area contributed by atoms with Gasteiger partial charge in [-0.25, -0.2) is 0 Å². The number of hydrogen-bond acceptors (Lipinski definition) is 3.